The number of aliphatic hydroxyl groups excluding tert-OH is 7. The van der Waals surface area contributed by atoms with Crippen LogP contribution in [0.25, 0.3) is 0 Å². The molecule has 0 spiro atoms. The molecule has 16 nitrogen and oxygen atoms in total. The lowest BCUT2D eigenvalue weighted by Crippen LogP contribution is -2.67. The van der Waals surface area contributed by atoms with Crippen molar-refractivity contribution >= 4 is 5.97 Å². The lowest BCUT2D eigenvalue weighted by Gasteiger charge is -2.46. The summed E-state index contributed by atoms with van der Waals surface area (Å²) >= 11 is 0. The third-order valence-corrected chi connectivity index (χ3v) is 6.22. The first kappa shape index (κ1) is 28.5. The number of nitrogens with two attached hydrogens (primary N) is 1. The van der Waals surface area contributed by atoms with Gasteiger partial charge in [-0.05, 0) is 0 Å². The molecular formula is C19H33NO15. The minimum atomic E-state index is -1.80. The van der Waals surface area contributed by atoms with Crippen LogP contribution < -0.4 is 5.73 Å². The molecule has 3 aliphatic heterocycles. The molecule has 35 heavy (non-hydrogen) atoms. The maximum atomic E-state index is 11.7. The Labute approximate surface area is 199 Å². The lowest BCUT2D eigenvalue weighted by molar-refractivity contribution is -0.341. The number of carboxylic acids is 1. The normalized spacial score (nSPS) is 49.1. The zero-order chi connectivity index (χ0) is 26.0. The minimum absolute atomic E-state index is 0.160. The summed E-state index contributed by atoms with van der Waals surface area (Å²) in [6, 6.07) is -1.40. The average Bonchev–Trinajstić information content (AvgIpc) is 2.83. The van der Waals surface area contributed by atoms with E-state index in [0.717, 1.165) is 7.11 Å². The van der Waals surface area contributed by atoms with Crippen molar-refractivity contribution in [2.24, 2.45) is 5.73 Å². The van der Waals surface area contributed by atoms with Crippen molar-refractivity contribution in [3.63, 3.8) is 0 Å². The minimum Gasteiger partial charge on any atom is -0.479 e. The summed E-state index contributed by atoms with van der Waals surface area (Å²) in [5.74, 6) is -1.54. The van der Waals surface area contributed by atoms with Gasteiger partial charge in [0.05, 0.1) is 25.4 Å². The summed E-state index contributed by atoms with van der Waals surface area (Å²) < 4.78 is 31.9. The molecular weight excluding hydrogens is 482 g/mol. The molecule has 3 fully saturated rings. The number of aliphatic carboxylic acids is 1. The molecule has 16 heteroatoms. The molecule has 0 saturated carbocycles. The molecule has 0 bridgehead atoms. The Balaban J connectivity index is 1.67. The number of ether oxygens (including phenoxy) is 6. The molecule has 0 aromatic carbocycles. The maximum Gasteiger partial charge on any atom is 0.335 e. The first-order chi connectivity index (χ1) is 16.5. The van der Waals surface area contributed by atoms with Crippen LogP contribution in [0, 0.1) is 0 Å². The highest BCUT2D eigenvalue weighted by molar-refractivity contribution is 5.73. The Kier molecular flexibility index (Phi) is 9.74. The highest BCUT2D eigenvalue weighted by Gasteiger charge is 2.52. The Bertz CT molecular complexity index is 701. The van der Waals surface area contributed by atoms with Gasteiger partial charge in [-0.15, -0.1) is 0 Å². The van der Waals surface area contributed by atoms with Crippen LogP contribution in [0.2, 0.25) is 0 Å². The Morgan fingerprint density at radius 3 is 2.20 bits per heavy atom. The Morgan fingerprint density at radius 2 is 1.60 bits per heavy atom. The molecule has 0 aliphatic carbocycles. The molecule has 0 amide bonds. The fourth-order valence-electron chi connectivity index (χ4n) is 4.13. The molecule has 8 unspecified atom stereocenters. The third kappa shape index (κ3) is 6.08. The maximum absolute atomic E-state index is 11.7. The van der Waals surface area contributed by atoms with Crippen molar-refractivity contribution in [1.29, 1.82) is 0 Å². The predicted octanol–water partition coefficient (Wildman–Crippen LogP) is -5.83. The second kappa shape index (κ2) is 12.0. The van der Waals surface area contributed by atoms with Crippen molar-refractivity contribution in [1.82, 2.24) is 0 Å². The number of rotatable bonds is 8. The van der Waals surface area contributed by atoms with Crippen LogP contribution >= 0.6 is 0 Å². The molecule has 3 aliphatic rings. The van der Waals surface area contributed by atoms with Gasteiger partial charge in [0.2, 0.25) is 0 Å². The van der Waals surface area contributed by atoms with Gasteiger partial charge in [0.25, 0.3) is 0 Å². The zero-order valence-corrected chi connectivity index (χ0v) is 18.7. The van der Waals surface area contributed by atoms with E-state index in [1.54, 1.807) is 0 Å². The summed E-state index contributed by atoms with van der Waals surface area (Å²) in [5, 5.41) is 79.7. The molecule has 10 N–H and O–H groups in total. The summed E-state index contributed by atoms with van der Waals surface area (Å²) in [6.45, 7) is -1.02. The number of hydrogen-bond donors (Lipinski definition) is 9. The van der Waals surface area contributed by atoms with Crippen molar-refractivity contribution in [2.75, 3.05) is 20.3 Å². The fourth-order valence-corrected chi connectivity index (χ4v) is 4.13. The van der Waals surface area contributed by atoms with E-state index >= 15 is 0 Å². The molecule has 3 rings (SSSR count). The van der Waals surface area contributed by atoms with E-state index in [4.69, 9.17) is 34.2 Å². The number of carbonyl (C=O) groups is 1. The average molecular weight is 515 g/mol. The molecule has 0 aromatic rings. The van der Waals surface area contributed by atoms with Crippen LogP contribution in [0.1, 0.15) is 6.42 Å². The second-order valence-electron chi connectivity index (χ2n) is 8.60. The monoisotopic (exact) mass is 515 g/mol. The standard InChI is InChI=1S/C19H33NO15/c1-30-19-14(27)13(26)15(16(35-19)17(28)29)34-18-9(20)12(25)11(24)7(33-18)4-31-8-2-5(22)10(23)6(3-21)32-8/h5-16,18-19,21-27H,2-4,20H2,1H3,(H,28,29)/t5?,6?,7?,8-,9?,10+,11+,12?,13?,14?,15-,16?,18+,19-/m0/s1. The smallest absolute Gasteiger partial charge is 0.335 e. The number of carboxylic acid groups (broad SMARTS) is 1. The van der Waals surface area contributed by atoms with E-state index in [1.165, 1.54) is 0 Å². The van der Waals surface area contributed by atoms with Gasteiger partial charge in [0, 0.05) is 13.5 Å². The van der Waals surface area contributed by atoms with Crippen molar-refractivity contribution in [2.45, 2.75) is 92.4 Å². The van der Waals surface area contributed by atoms with Gasteiger partial charge in [-0.1, -0.05) is 0 Å². The predicted molar refractivity (Wildman–Crippen MR) is 107 cm³/mol. The summed E-state index contributed by atoms with van der Waals surface area (Å²) in [5.41, 5.74) is 5.88. The van der Waals surface area contributed by atoms with Gasteiger partial charge < -0.3 is 75.0 Å². The van der Waals surface area contributed by atoms with Gasteiger partial charge in [-0.3, -0.25) is 0 Å². The Hall–Kier alpha value is -1.09. The van der Waals surface area contributed by atoms with Gasteiger partial charge >= 0.3 is 5.97 Å². The first-order valence-corrected chi connectivity index (χ1v) is 10.9. The fraction of sp³-hybridized carbons (Fsp3) is 0.947. The van der Waals surface area contributed by atoms with Crippen LogP contribution in [0.4, 0.5) is 0 Å². The quantitative estimate of drug-likeness (QED) is 0.146. The van der Waals surface area contributed by atoms with E-state index in [2.05, 4.69) is 0 Å². The van der Waals surface area contributed by atoms with Gasteiger partial charge in [-0.25, -0.2) is 4.79 Å². The summed E-state index contributed by atoms with van der Waals surface area (Å²) in [4.78, 5) is 11.7. The lowest BCUT2D eigenvalue weighted by atomic mass is 9.96. The molecule has 3 saturated heterocycles. The van der Waals surface area contributed by atoms with Crippen LogP contribution in [0.5, 0.6) is 0 Å². The van der Waals surface area contributed by atoms with Crippen molar-refractivity contribution in [3.8, 4) is 0 Å². The van der Waals surface area contributed by atoms with E-state index in [-0.39, 0.29) is 6.42 Å². The highest BCUT2D eigenvalue weighted by atomic mass is 16.7. The highest BCUT2D eigenvalue weighted by Crippen LogP contribution is 2.30. The van der Waals surface area contributed by atoms with Gasteiger partial charge in [0.1, 0.15) is 48.8 Å². The van der Waals surface area contributed by atoms with Crippen LogP contribution in [0.3, 0.4) is 0 Å². The molecule has 0 aromatic heterocycles. The SMILES string of the molecule is CO[C@H]1OC(C(=O)O)[C@@H](O[C@H]2OC(CO[C@@H]3CC(O)[C@@H](O)C(CO)O3)[C@@H](O)C(O)C2N)C(O)C1O. The van der Waals surface area contributed by atoms with Crippen molar-refractivity contribution in [3.05, 3.63) is 0 Å². The molecule has 3 heterocycles. The largest absolute Gasteiger partial charge is 0.479 e. The van der Waals surface area contributed by atoms with E-state index in [0.29, 0.717) is 0 Å². The topological polar surface area (TPSA) is 260 Å². The van der Waals surface area contributed by atoms with E-state index in [1.807, 2.05) is 0 Å². The summed E-state index contributed by atoms with van der Waals surface area (Å²) in [6.07, 6.45) is -19.5. The second-order valence-corrected chi connectivity index (χ2v) is 8.60. The Morgan fingerprint density at radius 1 is 0.914 bits per heavy atom. The first-order valence-electron chi connectivity index (χ1n) is 10.9. The van der Waals surface area contributed by atoms with E-state index < -0.39 is 105 Å². The number of hydrogen-bond acceptors (Lipinski definition) is 15. The van der Waals surface area contributed by atoms with E-state index in [9.17, 15) is 45.6 Å². The van der Waals surface area contributed by atoms with Crippen LogP contribution in [-0.2, 0) is 33.2 Å². The number of aliphatic hydroxyl groups is 7. The van der Waals surface area contributed by atoms with Crippen molar-refractivity contribution < 1.29 is 74.1 Å². The number of methoxy groups -OCH3 is 1. The van der Waals surface area contributed by atoms with Gasteiger partial charge in [0.15, 0.2) is 25.0 Å². The van der Waals surface area contributed by atoms with Crippen LogP contribution in [0.15, 0.2) is 0 Å². The molecule has 14 atom stereocenters. The molecule has 204 valence electrons. The molecule has 0 radical (unpaired) electrons. The van der Waals surface area contributed by atoms with Crippen LogP contribution in [-0.4, -0.2) is 153 Å². The zero-order valence-electron chi connectivity index (χ0n) is 18.7. The third-order valence-electron chi connectivity index (χ3n) is 6.22. The van der Waals surface area contributed by atoms with Gasteiger partial charge in [-0.2, -0.15) is 0 Å². The summed E-state index contributed by atoms with van der Waals surface area (Å²) in [7, 11) is 1.14.